The van der Waals surface area contributed by atoms with Gasteiger partial charge in [0, 0.05) is 26.8 Å². The Balaban J connectivity index is 2.04. The van der Waals surface area contributed by atoms with Gasteiger partial charge in [0.05, 0.1) is 4.90 Å². The molecule has 0 saturated carbocycles. The van der Waals surface area contributed by atoms with Crippen LogP contribution in [0, 0.1) is 19.8 Å². The Morgan fingerprint density at radius 2 is 1.90 bits per heavy atom. The SMILES string of the molecule is Cc1ccc(S(=O)(=O)N(C)CCC2CCOCC2)c(C)c1. The molecular weight excluding hydrogens is 286 g/mol. The van der Waals surface area contributed by atoms with E-state index in [9.17, 15) is 8.42 Å². The highest BCUT2D eigenvalue weighted by atomic mass is 32.2. The second kappa shape index (κ2) is 6.90. The number of sulfonamides is 1. The molecule has 0 amide bonds. The number of ether oxygens (including phenoxy) is 1. The van der Waals surface area contributed by atoms with E-state index < -0.39 is 10.0 Å². The Kier molecular flexibility index (Phi) is 5.41. The molecule has 0 unspecified atom stereocenters. The van der Waals surface area contributed by atoms with Crippen molar-refractivity contribution in [2.45, 2.75) is 38.0 Å². The molecule has 0 atom stereocenters. The maximum Gasteiger partial charge on any atom is 0.243 e. The molecule has 4 nitrogen and oxygen atoms in total. The molecule has 0 aromatic heterocycles. The van der Waals surface area contributed by atoms with E-state index in [-0.39, 0.29) is 0 Å². The lowest BCUT2D eigenvalue weighted by atomic mass is 9.97. The van der Waals surface area contributed by atoms with Crippen molar-refractivity contribution < 1.29 is 13.2 Å². The van der Waals surface area contributed by atoms with Crippen LogP contribution in [0.2, 0.25) is 0 Å². The van der Waals surface area contributed by atoms with Crippen LogP contribution in [0.1, 0.15) is 30.4 Å². The second-order valence-corrected chi connectivity index (χ2v) is 7.95. The molecule has 0 spiro atoms. The van der Waals surface area contributed by atoms with E-state index in [0.717, 1.165) is 43.6 Å². The molecule has 2 rings (SSSR count). The van der Waals surface area contributed by atoms with Gasteiger partial charge in [-0.25, -0.2) is 12.7 Å². The monoisotopic (exact) mass is 311 g/mol. The second-order valence-electron chi connectivity index (χ2n) is 5.94. The van der Waals surface area contributed by atoms with Crippen LogP contribution < -0.4 is 0 Å². The van der Waals surface area contributed by atoms with Crippen LogP contribution in [0.3, 0.4) is 0 Å². The van der Waals surface area contributed by atoms with Gasteiger partial charge in [-0.1, -0.05) is 17.7 Å². The number of hydrogen-bond acceptors (Lipinski definition) is 3. The fourth-order valence-corrected chi connectivity index (χ4v) is 4.16. The maximum absolute atomic E-state index is 12.6. The zero-order valence-corrected chi connectivity index (χ0v) is 13.9. The summed E-state index contributed by atoms with van der Waals surface area (Å²) in [5.74, 6) is 0.579. The van der Waals surface area contributed by atoms with Gasteiger partial charge in [0.25, 0.3) is 0 Å². The standard InChI is InChI=1S/C16H25NO3S/c1-13-4-5-16(14(2)12-13)21(18,19)17(3)9-6-15-7-10-20-11-8-15/h4-5,12,15H,6-11H2,1-3H3. The smallest absolute Gasteiger partial charge is 0.243 e. The summed E-state index contributed by atoms with van der Waals surface area (Å²) in [5, 5.41) is 0. The van der Waals surface area contributed by atoms with Crippen LogP contribution >= 0.6 is 0 Å². The molecule has 0 N–H and O–H groups in total. The lowest BCUT2D eigenvalue weighted by molar-refractivity contribution is 0.0628. The average Bonchev–Trinajstić information content (AvgIpc) is 2.45. The number of rotatable bonds is 5. The van der Waals surface area contributed by atoms with Crippen LogP contribution in [0.25, 0.3) is 0 Å². The van der Waals surface area contributed by atoms with Crippen LogP contribution in [0.4, 0.5) is 0 Å². The van der Waals surface area contributed by atoms with Gasteiger partial charge in [-0.15, -0.1) is 0 Å². The lowest BCUT2D eigenvalue weighted by Gasteiger charge is -2.25. The molecule has 1 aliphatic rings. The molecule has 21 heavy (non-hydrogen) atoms. The molecule has 0 radical (unpaired) electrons. The maximum atomic E-state index is 12.6. The van der Waals surface area contributed by atoms with Crippen LogP contribution in [0.15, 0.2) is 23.1 Å². The molecule has 1 aromatic carbocycles. The van der Waals surface area contributed by atoms with Gasteiger partial charge in [-0.05, 0) is 50.7 Å². The van der Waals surface area contributed by atoms with Gasteiger partial charge in [0.15, 0.2) is 0 Å². The largest absolute Gasteiger partial charge is 0.381 e. The Morgan fingerprint density at radius 3 is 2.52 bits per heavy atom. The van der Waals surface area contributed by atoms with Crippen molar-refractivity contribution in [1.29, 1.82) is 0 Å². The minimum atomic E-state index is -3.39. The Labute approximate surface area is 128 Å². The van der Waals surface area contributed by atoms with Crippen molar-refractivity contribution in [2.75, 3.05) is 26.8 Å². The zero-order valence-electron chi connectivity index (χ0n) is 13.1. The fraction of sp³-hybridized carbons (Fsp3) is 0.625. The van der Waals surface area contributed by atoms with Crippen LogP contribution in [-0.4, -0.2) is 39.5 Å². The molecular formula is C16H25NO3S. The number of benzene rings is 1. The first-order chi connectivity index (χ1) is 9.91. The van der Waals surface area contributed by atoms with Crippen LogP contribution in [-0.2, 0) is 14.8 Å². The highest BCUT2D eigenvalue weighted by molar-refractivity contribution is 7.89. The van der Waals surface area contributed by atoms with Crippen molar-refractivity contribution in [1.82, 2.24) is 4.31 Å². The Morgan fingerprint density at radius 1 is 1.24 bits per heavy atom. The molecule has 1 fully saturated rings. The first kappa shape index (κ1) is 16.5. The van der Waals surface area contributed by atoms with Gasteiger partial charge in [0.2, 0.25) is 10.0 Å². The minimum Gasteiger partial charge on any atom is -0.381 e. The fourth-order valence-electron chi connectivity index (χ4n) is 2.78. The Hall–Kier alpha value is -0.910. The van der Waals surface area contributed by atoms with Gasteiger partial charge in [-0.3, -0.25) is 0 Å². The van der Waals surface area contributed by atoms with E-state index in [1.54, 1.807) is 13.1 Å². The minimum absolute atomic E-state index is 0.419. The summed E-state index contributed by atoms with van der Waals surface area (Å²) < 4.78 is 32.1. The third kappa shape index (κ3) is 4.05. The van der Waals surface area contributed by atoms with Gasteiger partial charge in [-0.2, -0.15) is 0 Å². The van der Waals surface area contributed by atoms with E-state index in [0.29, 0.717) is 17.4 Å². The molecule has 1 aliphatic heterocycles. The summed E-state index contributed by atoms with van der Waals surface area (Å²) in [6.07, 6.45) is 2.99. The molecule has 1 heterocycles. The predicted octanol–water partition coefficient (Wildman–Crippen LogP) is 2.74. The highest BCUT2D eigenvalue weighted by Gasteiger charge is 2.24. The van der Waals surface area contributed by atoms with Gasteiger partial charge in [0.1, 0.15) is 0 Å². The van der Waals surface area contributed by atoms with E-state index in [1.807, 2.05) is 26.0 Å². The Bertz CT molecular complexity index is 577. The van der Waals surface area contributed by atoms with Gasteiger partial charge >= 0.3 is 0 Å². The van der Waals surface area contributed by atoms with Crippen molar-refractivity contribution in [2.24, 2.45) is 5.92 Å². The third-order valence-electron chi connectivity index (χ3n) is 4.21. The van der Waals surface area contributed by atoms with Crippen molar-refractivity contribution in [3.8, 4) is 0 Å². The first-order valence-corrected chi connectivity index (χ1v) is 8.96. The molecule has 0 aliphatic carbocycles. The van der Waals surface area contributed by atoms with Crippen molar-refractivity contribution in [3.05, 3.63) is 29.3 Å². The average molecular weight is 311 g/mol. The topological polar surface area (TPSA) is 46.6 Å². The normalized spacial score (nSPS) is 17.3. The number of aryl methyl sites for hydroxylation is 2. The van der Waals surface area contributed by atoms with E-state index >= 15 is 0 Å². The summed E-state index contributed by atoms with van der Waals surface area (Å²) in [6.45, 7) is 6.00. The molecule has 1 saturated heterocycles. The first-order valence-electron chi connectivity index (χ1n) is 7.52. The van der Waals surface area contributed by atoms with Crippen molar-refractivity contribution in [3.63, 3.8) is 0 Å². The summed E-state index contributed by atoms with van der Waals surface area (Å²) in [6, 6.07) is 5.48. The van der Waals surface area contributed by atoms with E-state index in [1.165, 1.54) is 4.31 Å². The molecule has 5 heteroatoms. The predicted molar refractivity (Wildman–Crippen MR) is 83.9 cm³/mol. The third-order valence-corrected chi connectivity index (χ3v) is 6.23. The summed E-state index contributed by atoms with van der Waals surface area (Å²) in [5.41, 5.74) is 1.89. The lowest BCUT2D eigenvalue weighted by Crippen LogP contribution is -2.30. The summed E-state index contributed by atoms with van der Waals surface area (Å²) >= 11 is 0. The molecule has 1 aromatic rings. The van der Waals surface area contributed by atoms with Gasteiger partial charge < -0.3 is 4.74 Å². The van der Waals surface area contributed by atoms with E-state index in [2.05, 4.69) is 0 Å². The summed E-state index contributed by atoms with van der Waals surface area (Å²) in [7, 11) is -1.71. The number of nitrogens with zero attached hydrogens (tertiary/aromatic N) is 1. The molecule has 118 valence electrons. The van der Waals surface area contributed by atoms with Crippen LogP contribution in [0.5, 0.6) is 0 Å². The quantitative estimate of drug-likeness (QED) is 0.840. The molecule has 0 bridgehead atoms. The zero-order chi connectivity index (χ0) is 15.5. The van der Waals surface area contributed by atoms with Crippen molar-refractivity contribution >= 4 is 10.0 Å². The number of hydrogen-bond donors (Lipinski definition) is 0. The summed E-state index contributed by atoms with van der Waals surface area (Å²) in [4.78, 5) is 0.419. The van der Waals surface area contributed by atoms with E-state index in [4.69, 9.17) is 4.74 Å². The highest BCUT2D eigenvalue weighted by Crippen LogP contribution is 2.23.